The number of guanidine groups is 1. The molecule has 0 atom stereocenters. The summed E-state index contributed by atoms with van der Waals surface area (Å²) < 4.78 is 6.35. The van der Waals surface area contributed by atoms with E-state index in [0.717, 1.165) is 22.5 Å². The third-order valence-electron chi connectivity index (χ3n) is 3.39. The molecular weight excluding hydrogens is 483 g/mol. The number of rotatable bonds is 5. The van der Waals surface area contributed by atoms with Crippen LogP contribution in [0.25, 0.3) is 0 Å². The molecule has 0 saturated heterocycles. The molecule has 24 heavy (non-hydrogen) atoms. The molecule has 0 radical (unpaired) electrons. The zero-order valence-corrected chi connectivity index (χ0v) is 17.9. The molecular formula is C17H22BrIN4O. The summed E-state index contributed by atoms with van der Waals surface area (Å²) in [6.07, 6.45) is 1.72. The van der Waals surface area contributed by atoms with Crippen molar-refractivity contribution in [1.29, 1.82) is 0 Å². The molecule has 7 heteroatoms. The predicted molar refractivity (Wildman–Crippen MR) is 112 cm³/mol. The van der Waals surface area contributed by atoms with Gasteiger partial charge in [0.05, 0.1) is 7.11 Å². The highest BCUT2D eigenvalue weighted by molar-refractivity contribution is 14.0. The Hall–Kier alpha value is -1.35. The van der Waals surface area contributed by atoms with Crippen molar-refractivity contribution in [1.82, 2.24) is 15.2 Å². The molecule has 5 nitrogen and oxygen atoms in total. The molecule has 0 fully saturated rings. The highest BCUT2D eigenvalue weighted by Gasteiger charge is 2.09. The highest BCUT2D eigenvalue weighted by atomic mass is 127. The monoisotopic (exact) mass is 504 g/mol. The van der Waals surface area contributed by atoms with E-state index in [1.54, 1.807) is 20.4 Å². The normalized spacial score (nSPS) is 10.8. The number of aromatic nitrogens is 1. The van der Waals surface area contributed by atoms with Gasteiger partial charge in [-0.25, -0.2) is 4.98 Å². The van der Waals surface area contributed by atoms with Gasteiger partial charge in [0.25, 0.3) is 0 Å². The van der Waals surface area contributed by atoms with Crippen LogP contribution >= 0.6 is 39.9 Å². The summed E-state index contributed by atoms with van der Waals surface area (Å²) in [6.45, 7) is 1.38. The molecule has 2 aromatic rings. The first kappa shape index (κ1) is 20.7. The highest BCUT2D eigenvalue weighted by Crippen LogP contribution is 2.14. The number of ether oxygens (including phenoxy) is 1. The molecule has 1 heterocycles. The summed E-state index contributed by atoms with van der Waals surface area (Å²) in [5.74, 6) is 1.45. The van der Waals surface area contributed by atoms with E-state index in [2.05, 4.69) is 48.3 Å². The molecule has 0 bridgehead atoms. The van der Waals surface area contributed by atoms with Gasteiger partial charge in [0.2, 0.25) is 5.88 Å². The number of aliphatic imine (C=N–C) groups is 1. The zero-order chi connectivity index (χ0) is 16.7. The maximum atomic E-state index is 5.27. The summed E-state index contributed by atoms with van der Waals surface area (Å²) >= 11 is 3.45. The number of nitrogens with zero attached hydrogens (tertiary/aromatic N) is 3. The largest absolute Gasteiger partial charge is 0.481 e. The molecule has 0 unspecified atom stereocenters. The smallest absolute Gasteiger partial charge is 0.218 e. The van der Waals surface area contributed by atoms with E-state index in [4.69, 9.17) is 4.74 Å². The first-order chi connectivity index (χ1) is 11.1. The van der Waals surface area contributed by atoms with Gasteiger partial charge in [-0.15, -0.1) is 24.0 Å². The maximum absolute atomic E-state index is 5.27. The Balaban J connectivity index is 0.00000288. The number of halogens is 2. The lowest BCUT2D eigenvalue weighted by Gasteiger charge is -2.22. The molecule has 0 saturated carbocycles. The van der Waals surface area contributed by atoms with E-state index in [0.29, 0.717) is 12.4 Å². The lowest BCUT2D eigenvalue weighted by atomic mass is 10.2. The number of benzene rings is 1. The van der Waals surface area contributed by atoms with Crippen LogP contribution in [0.4, 0.5) is 0 Å². The van der Waals surface area contributed by atoms with Crippen LogP contribution in [0.2, 0.25) is 0 Å². The number of methoxy groups -OCH3 is 1. The van der Waals surface area contributed by atoms with E-state index >= 15 is 0 Å². The Labute approximate surface area is 168 Å². The van der Waals surface area contributed by atoms with Gasteiger partial charge in [0.15, 0.2) is 5.96 Å². The SMILES string of the molecule is CN=C(NCc1cccnc1OC)N(C)Cc1ccc(Br)cc1.I. The summed E-state index contributed by atoms with van der Waals surface area (Å²) in [5, 5.41) is 3.34. The number of hydrogen-bond donors (Lipinski definition) is 1. The summed E-state index contributed by atoms with van der Waals surface area (Å²) in [7, 11) is 5.42. The minimum atomic E-state index is 0. The molecule has 1 aromatic heterocycles. The van der Waals surface area contributed by atoms with Crippen LogP contribution in [-0.2, 0) is 13.1 Å². The minimum absolute atomic E-state index is 0. The van der Waals surface area contributed by atoms with Gasteiger partial charge in [-0.3, -0.25) is 4.99 Å². The van der Waals surface area contributed by atoms with Crippen LogP contribution in [0.1, 0.15) is 11.1 Å². The van der Waals surface area contributed by atoms with Crippen molar-refractivity contribution < 1.29 is 4.74 Å². The van der Waals surface area contributed by atoms with Gasteiger partial charge in [-0.2, -0.15) is 0 Å². The van der Waals surface area contributed by atoms with Gasteiger partial charge < -0.3 is 15.0 Å². The molecule has 0 aliphatic carbocycles. The molecule has 0 spiro atoms. The molecule has 0 aliphatic rings. The fourth-order valence-corrected chi connectivity index (χ4v) is 2.50. The Bertz CT molecular complexity index is 664. The van der Waals surface area contributed by atoms with Crippen LogP contribution in [0.15, 0.2) is 52.1 Å². The quantitative estimate of drug-likeness (QED) is 0.383. The zero-order valence-electron chi connectivity index (χ0n) is 14.0. The Morgan fingerprint density at radius 1 is 1.29 bits per heavy atom. The van der Waals surface area contributed by atoms with Crippen molar-refractivity contribution in [3.8, 4) is 5.88 Å². The first-order valence-corrected chi connectivity index (χ1v) is 8.07. The van der Waals surface area contributed by atoms with E-state index in [9.17, 15) is 0 Å². The average molecular weight is 505 g/mol. The van der Waals surface area contributed by atoms with E-state index < -0.39 is 0 Å². The van der Waals surface area contributed by atoms with Crippen molar-refractivity contribution >= 4 is 45.9 Å². The van der Waals surface area contributed by atoms with Gasteiger partial charge in [-0.1, -0.05) is 34.1 Å². The number of pyridine rings is 1. The van der Waals surface area contributed by atoms with Gasteiger partial charge in [0.1, 0.15) is 0 Å². The van der Waals surface area contributed by atoms with Crippen molar-refractivity contribution in [3.63, 3.8) is 0 Å². The lowest BCUT2D eigenvalue weighted by Crippen LogP contribution is -2.38. The van der Waals surface area contributed by atoms with Crippen molar-refractivity contribution in [2.75, 3.05) is 21.2 Å². The van der Waals surface area contributed by atoms with Crippen LogP contribution in [0, 0.1) is 0 Å². The molecule has 130 valence electrons. The maximum Gasteiger partial charge on any atom is 0.218 e. The van der Waals surface area contributed by atoms with Crippen molar-refractivity contribution in [3.05, 3.63) is 58.2 Å². The Morgan fingerprint density at radius 2 is 2.00 bits per heavy atom. The number of nitrogens with one attached hydrogen (secondary N) is 1. The fourth-order valence-electron chi connectivity index (χ4n) is 2.24. The van der Waals surface area contributed by atoms with Crippen LogP contribution in [-0.4, -0.2) is 37.0 Å². The van der Waals surface area contributed by atoms with Gasteiger partial charge >= 0.3 is 0 Å². The van der Waals surface area contributed by atoms with E-state index in [-0.39, 0.29) is 24.0 Å². The average Bonchev–Trinajstić information content (AvgIpc) is 2.58. The first-order valence-electron chi connectivity index (χ1n) is 7.28. The minimum Gasteiger partial charge on any atom is -0.481 e. The Kier molecular flexibility index (Phi) is 9.05. The third-order valence-corrected chi connectivity index (χ3v) is 3.92. The molecule has 0 amide bonds. The molecule has 1 aromatic carbocycles. The molecule has 1 N–H and O–H groups in total. The van der Waals surface area contributed by atoms with Crippen LogP contribution in [0.5, 0.6) is 5.88 Å². The van der Waals surface area contributed by atoms with Crippen molar-refractivity contribution in [2.24, 2.45) is 4.99 Å². The van der Waals surface area contributed by atoms with E-state index in [1.165, 1.54) is 5.56 Å². The van der Waals surface area contributed by atoms with Gasteiger partial charge in [0, 0.05) is 43.4 Å². The second kappa shape index (κ2) is 10.5. The van der Waals surface area contributed by atoms with Gasteiger partial charge in [-0.05, 0) is 23.8 Å². The Morgan fingerprint density at radius 3 is 2.62 bits per heavy atom. The lowest BCUT2D eigenvalue weighted by molar-refractivity contribution is 0.391. The van der Waals surface area contributed by atoms with Crippen LogP contribution < -0.4 is 10.1 Å². The molecule has 2 rings (SSSR count). The fraction of sp³-hybridized carbons (Fsp3) is 0.294. The number of hydrogen-bond acceptors (Lipinski definition) is 3. The van der Waals surface area contributed by atoms with Crippen LogP contribution in [0.3, 0.4) is 0 Å². The van der Waals surface area contributed by atoms with E-state index in [1.807, 2.05) is 31.3 Å². The topological polar surface area (TPSA) is 49.8 Å². The molecule has 0 aliphatic heterocycles. The second-order valence-electron chi connectivity index (χ2n) is 5.06. The predicted octanol–water partition coefficient (Wildman–Crippen LogP) is 3.68. The second-order valence-corrected chi connectivity index (χ2v) is 5.97. The van der Waals surface area contributed by atoms with Crippen molar-refractivity contribution in [2.45, 2.75) is 13.1 Å². The summed E-state index contributed by atoms with van der Waals surface area (Å²) in [6, 6.07) is 12.2. The summed E-state index contributed by atoms with van der Waals surface area (Å²) in [5.41, 5.74) is 2.21. The summed E-state index contributed by atoms with van der Waals surface area (Å²) in [4.78, 5) is 10.6. The standard InChI is InChI=1S/C17H21BrN4O.HI/c1-19-17(21-11-14-5-4-10-20-16(14)23-3)22(2)12-13-6-8-15(18)9-7-13;/h4-10H,11-12H2,1-3H3,(H,19,21);1H. The third kappa shape index (κ3) is 5.94.